The van der Waals surface area contributed by atoms with Gasteiger partial charge < -0.3 is 16.0 Å². The molecule has 0 spiro atoms. The molecular weight excluding hydrogens is 414 g/mol. The van der Waals surface area contributed by atoms with Crippen LogP contribution in [0, 0.1) is 6.92 Å². The predicted octanol–water partition coefficient (Wildman–Crippen LogP) is 5.41. The molecule has 4 aromatic rings. The topological polar surface area (TPSA) is 96.0 Å². The summed E-state index contributed by atoms with van der Waals surface area (Å²) in [5.41, 5.74) is 4.23. The molecule has 3 N–H and O–H groups in total. The van der Waals surface area contributed by atoms with Crippen LogP contribution in [-0.4, -0.2) is 21.8 Å². The van der Waals surface area contributed by atoms with E-state index < -0.39 is 0 Å². The van der Waals surface area contributed by atoms with Gasteiger partial charge in [-0.25, -0.2) is 9.97 Å². The Balaban J connectivity index is 1.51. The normalized spacial score (nSPS) is 10.4. The van der Waals surface area contributed by atoms with Crippen molar-refractivity contribution in [2.75, 3.05) is 16.0 Å². The van der Waals surface area contributed by atoms with Crippen LogP contribution in [-0.2, 0) is 4.79 Å². The van der Waals surface area contributed by atoms with E-state index in [1.54, 1.807) is 42.5 Å². The van der Waals surface area contributed by atoms with E-state index in [1.807, 2.05) is 49.4 Å². The number of hydrogen-bond donors (Lipinski definition) is 3. The van der Waals surface area contributed by atoms with Crippen LogP contribution in [0.2, 0.25) is 0 Å². The number of aromatic nitrogens is 2. The molecule has 164 valence electrons. The molecule has 0 fully saturated rings. The minimum atomic E-state index is -0.262. The summed E-state index contributed by atoms with van der Waals surface area (Å²) in [5.74, 6) is 0.851. The number of nitrogens with zero attached hydrogens (tertiary/aromatic N) is 2. The van der Waals surface area contributed by atoms with Gasteiger partial charge in [0.25, 0.3) is 5.91 Å². The minimum absolute atomic E-state index is 0.173. The molecular formula is C26H23N5O2. The van der Waals surface area contributed by atoms with Crippen LogP contribution in [0.5, 0.6) is 0 Å². The Labute approximate surface area is 191 Å². The molecule has 0 atom stereocenters. The third-order valence-corrected chi connectivity index (χ3v) is 4.75. The van der Waals surface area contributed by atoms with Gasteiger partial charge in [-0.1, -0.05) is 42.5 Å². The molecule has 1 aromatic heterocycles. The molecule has 7 nitrogen and oxygen atoms in total. The van der Waals surface area contributed by atoms with Crippen molar-refractivity contribution in [3.8, 4) is 11.3 Å². The molecule has 0 bridgehead atoms. The Morgan fingerprint density at radius 3 is 2.18 bits per heavy atom. The average Bonchev–Trinajstić information content (AvgIpc) is 2.79. The summed E-state index contributed by atoms with van der Waals surface area (Å²) in [6, 6.07) is 25.9. The monoisotopic (exact) mass is 437 g/mol. The summed E-state index contributed by atoms with van der Waals surface area (Å²) < 4.78 is 0. The zero-order valence-electron chi connectivity index (χ0n) is 18.3. The number of nitrogens with one attached hydrogen (secondary N) is 3. The zero-order chi connectivity index (χ0) is 23.2. The first-order valence-electron chi connectivity index (χ1n) is 10.4. The number of hydrogen-bond acceptors (Lipinski definition) is 5. The summed E-state index contributed by atoms with van der Waals surface area (Å²) in [6.45, 7) is 3.28. The summed E-state index contributed by atoms with van der Waals surface area (Å²) >= 11 is 0. The first kappa shape index (κ1) is 21.7. The van der Waals surface area contributed by atoms with Gasteiger partial charge in [-0.05, 0) is 43.3 Å². The Bertz CT molecular complexity index is 1310. The molecule has 0 saturated heterocycles. The van der Waals surface area contributed by atoms with Crippen molar-refractivity contribution in [1.29, 1.82) is 0 Å². The molecule has 0 radical (unpaired) electrons. The smallest absolute Gasteiger partial charge is 0.255 e. The Kier molecular flexibility index (Phi) is 6.40. The third kappa shape index (κ3) is 5.80. The van der Waals surface area contributed by atoms with Crippen molar-refractivity contribution in [1.82, 2.24) is 9.97 Å². The van der Waals surface area contributed by atoms with E-state index in [-0.39, 0.29) is 11.8 Å². The predicted molar refractivity (Wildman–Crippen MR) is 131 cm³/mol. The minimum Gasteiger partial charge on any atom is -0.340 e. The Hall–Kier alpha value is -4.52. The number of anilines is 4. The molecule has 4 rings (SSSR count). The highest BCUT2D eigenvalue weighted by Crippen LogP contribution is 2.23. The van der Waals surface area contributed by atoms with Gasteiger partial charge in [-0.3, -0.25) is 9.59 Å². The number of carbonyl (C=O) groups is 2. The van der Waals surface area contributed by atoms with Crippen LogP contribution in [0.15, 0.2) is 84.9 Å². The quantitative estimate of drug-likeness (QED) is 0.375. The van der Waals surface area contributed by atoms with E-state index in [2.05, 4.69) is 25.9 Å². The van der Waals surface area contributed by atoms with Crippen molar-refractivity contribution in [3.05, 3.63) is 96.3 Å². The number of rotatable bonds is 6. The van der Waals surface area contributed by atoms with Crippen LogP contribution < -0.4 is 16.0 Å². The fourth-order valence-corrected chi connectivity index (χ4v) is 3.36. The maximum atomic E-state index is 12.8. The fraction of sp³-hybridized carbons (Fsp3) is 0.0769. The van der Waals surface area contributed by atoms with E-state index in [4.69, 9.17) is 0 Å². The van der Waals surface area contributed by atoms with Gasteiger partial charge in [-0.2, -0.15) is 0 Å². The highest BCUT2D eigenvalue weighted by Gasteiger charge is 2.09. The number of carbonyl (C=O) groups excluding carboxylic acids is 2. The largest absolute Gasteiger partial charge is 0.340 e. The molecule has 7 heteroatoms. The van der Waals surface area contributed by atoms with Crippen molar-refractivity contribution >= 4 is 34.7 Å². The van der Waals surface area contributed by atoms with Gasteiger partial charge in [0.05, 0.1) is 5.69 Å². The second kappa shape index (κ2) is 9.74. The lowest BCUT2D eigenvalue weighted by Gasteiger charge is -2.11. The van der Waals surface area contributed by atoms with Crippen LogP contribution in [0.1, 0.15) is 23.1 Å². The molecule has 0 unspecified atom stereocenters. The summed E-state index contributed by atoms with van der Waals surface area (Å²) in [4.78, 5) is 33.1. The van der Waals surface area contributed by atoms with Gasteiger partial charge in [0.1, 0.15) is 11.6 Å². The highest BCUT2D eigenvalue weighted by atomic mass is 16.2. The first-order chi connectivity index (χ1) is 16.0. The van der Waals surface area contributed by atoms with Crippen LogP contribution >= 0.6 is 0 Å². The van der Waals surface area contributed by atoms with Gasteiger partial charge in [0.2, 0.25) is 5.91 Å². The van der Waals surface area contributed by atoms with Gasteiger partial charge >= 0.3 is 0 Å². The average molecular weight is 438 g/mol. The lowest BCUT2D eigenvalue weighted by atomic mass is 10.1. The molecule has 0 aliphatic rings. The lowest BCUT2D eigenvalue weighted by molar-refractivity contribution is -0.114. The number of benzene rings is 3. The van der Waals surface area contributed by atoms with Crippen LogP contribution in [0.3, 0.4) is 0 Å². The van der Waals surface area contributed by atoms with E-state index in [0.717, 1.165) is 16.9 Å². The lowest BCUT2D eigenvalue weighted by Crippen LogP contribution is -2.13. The Morgan fingerprint density at radius 1 is 0.727 bits per heavy atom. The van der Waals surface area contributed by atoms with E-state index in [0.29, 0.717) is 28.6 Å². The van der Waals surface area contributed by atoms with Gasteiger partial charge in [0.15, 0.2) is 0 Å². The van der Waals surface area contributed by atoms with E-state index >= 15 is 0 Å². The molecule has 2 amide bonds. The maximum Gasteiger partial charge on any atom is 0.255 e. The van der Waals surface area contributed by atoms with E-state index in [1.165, 1.54) is 6.92 Å². The summed E-state index contributed by atoms with van der Waals surface area (Å²) in [7, 11) is 0. The molecule has 0 aliphatic heterocycles. The van der Waals surface area contributed by atoms with Crippen LogP contribution in [0.4, 0.5) is 22.9 Å². The number of aryl methyl sites for hydroxylation is 1. The van der Waals surface area contributed by atoms with Crippen molar-refractivity contribution < 1.29 is 9.59 Å². The highest BCUT2D eigenvalue weighted by molar-refractivity contribution is 6.05. The van der Waals surface area contributed by atoms with Gasteiger partial charge in [-0.15, -0.1) is 0 Å². The Morgan fingerprint density at radius 2 is 1.42 bits per heavy atom. The molecule has 1 heterocycles. The first-order valence-corrected chi connectivity index (χ1v) is 10.4. The standard InChI is InChI=1S/C26H23N5O2/c1-17-27-24(19-8-4-3-5-9-19)16-25(28-17)30-21-11-6-10-20(14-21)26(33)31-23-13-7-12-22(15-23)29-18(2)32/h3-16H,1-2H3,(H,29,32)(H,31,33)(H,27,28,30). The van der Waals surface area contributed by atoms with Crippen molar-refractivity contribution in [3.63, 3.8) is 0 Å². The van der Waals surface area contributed by atoms with Crippen molar-refractivity contribution in [2.45, 2.75) is 13.8 Å². The van der Waals surface area contributed by atoms with E-state index in [9.17, 15) is 9.59 Å². The fourth-order valence-electron chi connectivity index (χ4n) is 3.36. The van der Waals surface area contributed by atoms with Gasteiger partial charge in [0, 0.05) is 41.2 Å². The second-order valence-corrected chi connectivity index (χ2v) is 7.47. The second-order valence-electron chi connectivity index (χ2n) is 7.47. The van der Waals surface area contributed by atoms with Crippen LogP contribution in [0.25, 0.3) is 11.3 Å². The maximum absolute atomic E-state index is 12.8. The summed E-state index contributed by atoms with van der Waals surface area (Å²) in [6.07, 6.45) is 0. The van der Waals surface area contributed by atoms with Crippen molar-refractivity contribution in [2.24, 2.45) is 0 Å². The molecule has 3 aromatic carbocycles. The SMILES string of the molecule is CC(=O)Nc1cccc(NC(=O)c2cccc(Nc3cc(-c4ccccc4)nc(C)n3)c2)c1. The number of amides is 2. The zero-order valence-corrected chi connectivity index (χ0v) is 18.3. The molecule has 33 heavy (non-hydrogen) atoms. The molecule has 0 aliphatic carbocycles. The summed E-state index contributed by atoms with van der Waals surface area (Å²) in [5, 5.41) is 8.83. The molecule has 0 saturated carbocycles. The third-order valence-electron chi connectivity index (χ3n) is 4.75.